The van der Waals surface area contributed by atoms with Crippen molar-refractivity contribution in [3.05, 3.63) is 119 Å². The molecule has 0 saturated heterocycles. The topological polar surface area (TPSA) is 36.1 Å². The molecule has 0 fully saturated rings. The van der Waals surface area contributed by atoms with Crippen molar-refractivity contribution >= 4 is 16.8 Å². The molecular formula is C31H26N2O. The monoisotopic (exact) mass is 442 g/mol. The molecule has 34 heavy (non-hydrogen) atoms. The Morgan fingerprint density at radius 3 is 2.32 bits per heavy atom. The van der Waals surface area contributed by atoms with Gasteiger partial charge in [0.15, 0.2) is 0 Å². The second-order valence-electron chi connectivity index (χ2n) is 9.10. The molecule has 6 rings (SSSR count). The number of aromatic amines is 1. The fraction of sp³-hybridized carbons (Fsp3) is 0.129. The Morgan fingerprint density at radius 2 is 1.53 bits per heavy atom. The van der Waals surface area contributed by atoms with E-state index in [-0.39, 0.29) is 5.91 Å². The first-order valence-electron chi connectivity index (χ1n) is 11.8. The molecule has 0 saturated carbocycles. The van der Waals surface area contributed by atoms with E-state index in [1.54, 1.807) is 0 Å². The summed E-state index contributed by atoms with van der Waals surface area (Å²) in [5.74, 6) is 0.0859. The summed E-state index contributed by atoms with van der Waals surface area (Å²) >= 11 is 0. The number of nitrogens with zero attached hydrogens (tertiary/aromatic N) is 1. The SMILES string of the molecule is Cc1cccc(-c2ccccc2-c2ccc(C(=O)N3CCc4c([nH]c5ccccc45)C3)cc2)c1. The maximum Gasteiger partial charge on any atom is 0.254 e. The summed E-state index contributed by atoms with van der Waals surface area (Å²) in [4.78, 5) is 18.8. The zero-order chi connectivity index (χ0) is 23.1. The number of benzene rings is 4. The Hall–Kier alpha value is -4.11. The molecule has 3 nitrogen and oxygen atoms in total. The molecule has 0 unspecified atom stereocenters. The van der Waals surface area contributed by atoms with Crippen molar-refractivity contribution in [1.82, 2.24) is 9.88 Å². The Labute approximate surface area is 199 Å². The van der Waals surface area contributed by atoms with Gasteiger partial charge in [0.1, 0.15) is 0 Å². The molecule has 5 aromatic rings. The summed E-state index contributed by atoms with van der Waals surface area (Å²) < 4.78 is 0. The van der Waals surface area contributed by atoms with Crippen molar-refractivity contribution in [2.75, 3.05) is 6.54 Å². The molecule has 1 aliphatic rings. The molecule has 4 aromatic carbocycles. The van der Waals surface area contributed by atoms with Crippen molar-refractivity contribution < 1.29 is 4.79 Å². The number of aryl methyl sites for hydroxylation is 1. The molecule has 0 spiro atoms. The number of carbonyl (C=O) groups is 1. The van der Waals surface area contributed by atoms with Gasteiger partial charge in [0.2, 0.25) is 0 Å². The van der Waals surface area contributed by atoms with E-state index >= 15 is 0 Å². The zero-order valence-electron chi connectivity index (χ0n) is 19.2. The summed E-state index contributed by atoms with van der Waals surface area (Å²) in [6.45, 7) is 3.48. The van der Waals surface area contributed by atoms with E-state index in [0.717, 1.165) is 35.3 Å². The second kappa shape index (κ2) is 8.35. The van der Waals surface area contributed by atoms with E-state index in [4.69, 9.17) is 0 Å². The van der Waals surface area contributed by atoms with E-state index in [1.807, 2.05) is 23.1 Å². The highest BCUT2D eigenvalue weighted by atomic mass is 16.2. The molecule has 0 atom stereocenters. The molecule has 1 aliphatic heterocycles. The number of aromatic nitrogens is 1. The first kappa shape index (κ1) is 20.5. The third kappa shape index (κ3) is 3.60. The molecule has 3 heteroatoms. The van der Waals surface area contributed by atoms with Gasteiger partial charge in [-0.25, -0.2) is 0 Å². The fourth-order valence-electron chi connectivity index (χ4n) is 5.14. The van der Waals surface area contributed by atoms with Crippen LogP contribution in [0.5, 0.6) is 0 Å². The number of hydrogen-bond donors (Lipinski definition) is 1. The fourth-order valence-corrected chi connectivity index (χ4v) is 5.14. The lowest BCUT2D eigenvalue weighted by Crippen LogP contribution is -2.35. The Kier molecular flexibility index (Phi) is 5.03. The maximum absolute atomic E-state index is 13.3. The molecule has 1 amide bonds. The van der Waals surface area contributed by atoms with Crippen LogP contribution < -0.4 is 0 Å². The predicted molar refractivity (Wildman–Crippen MR) is 139 cm³/mol. The first-order valence-corrected chi connectivity index (χ1v) is 11.8. The molecule has 0 aliphatic carbocycles. The van der Waals surface area contributed by atoms with E-state index in [2.05, 4.69) is 90.8 Å². The number of para-hydroxylation sites is 1. The van der Waals surface area contributed by atoms with Crippen LogP contribution in [0.4, 0.5) is 0 Å². The summed E-state index contributed by atoms with van der Waals surface area (Å²) in [6, 6.07) is 33.5. The number of H-pyrrole nitrogens is 1. The first-order chi connectivity index (χ1) is 16.7. The van der Waals surface area contributed by atoms with Crippen LogP contribution in [0, 0.1) is 6.92 Å². The van der Waals surface area contributed by atoms with E-state index < -0.39 is 0 Å². The number of carbonyl (C=O) groups excluding carboxylic acids is 1. The van der Waals surface area contributed by atoms with Crippen LogP contribution in [-0.2, 0) is 13.0 Å². The van der Waals surface area contributed by atoms with Gasteiger partial charge < -0.3 is 9.88 Å². The van der Waals surface area contributed by atoms with Gasteiger partial charge in [-0.15, -0.1) is 0 Å². The summed E-state index contributed by atoms with van der Waals surface area (Å²) in [5.41, 5.74) is 10.3. The van der Waals surface area contributed by atoms with Gasteiger partial charge in [-0.1, -0.05) is 84.4 Å². The Bertz CT molecular complexity index is 1510. The summed E-state index contributed by atoms with van der Waals surface area (Å²) in [6.07, 6.45) is 0.882. The van der Waals surface area contributed by atoms with Gasteiger partial charge in [0.25, 0.3) is 5.91 Å². The maximum atomic E-state index is 13.3. The van der Waals surface area contributed by atoms with Gasteiger partial charge in [-0.3, -0.25) is 4.79 Å². The standard InChI is InChI=1S/C31H26N2O/c1-21-7-6-8-24(19-21)26-10-3-2-9-25(26)22-13-15-23(16-14-22)31(34)33-18-17-28-27-11-4-5-12-29(27)32-30(28)20-33/h2-16,19,32H,17-18,20H2,1H3. The van der Waals surface area contributed by atoms with Gasteiger partial charge in [0.05, 0.1) is 6.54 Å². The molecule has 1 aromatic heterocycles. The van der Waals surface area contributed by atoms with Crippen LogP contribution in [0.25, 0.3) is 33.2 Å². The van der Waals surface area contributed by atoms with Gasteiger partial charge in [-0.2, -0.15) is 0 Å². The average molecular weight is 443 g/mol. The molecule has 1 N–H and O–H groups in total. The summed E-state index contributed by atoms with van der Waals surface area (Å²) in [7, 11) is 0. The predicted octanol–water partition coefficient (Wildman–Crippen LogP) is 7.01. The highest BCUT2D eigenvalue weighted by Gasteiger charge is 2.24. The smallest absolute Gasteiger partial charge is 0.254 e. The minimum absolute atomic E-state index is 0.0859. The number of nitrogens with one attached hydrogen (secondary N) is 1. The van der Waals surface area contributed by atoms with Gasteiger partial charge in [-0.05, 0) is 59.4 Å². The van der Waals surface area contributed by atoms with Crippen LogP contribution >= 0.6 is 0 Å². The average Bonchev–Trinajstić information content (AvgIpc) is 3.26. The van der Waals surface area contributed by atoms with E-state index in [9.17, 15) is 4.79 Å². The minimum Gasteiger partial charge on any atom is -0.357 e. The van der Waals surface area contributed by atoms with Crippen molar-refractivity contribution in [2.24, 2.45) is 0 Å². The lowest BCUT2D eigenvalue weighted by Gasteiger charge is -2.27. The molecule has 0 radical (unpaired) electrons. The largest absolute Gasteiger partial charge is 0.357 e. The van der Waals surface area contributed by atoms with Crippen molar-refractivity contribution in [3.8, 4) is 22.3 Å². The lowest BCUT2D eigenvalue weighted by molar-refractivity contribution is 0.0733. The highest BCUT2D eigenvalue weighted by molar-refractivity contribution is 5.96. The van der Waals surface area contributed by atoms with Gasteiger partial charge in [0, 0.05) is 28.7 Å². The number of fused-ring (bicyclic) bond motifs is 3. The Morgan fingerprint density at radius 1 is 0.794 bits per heavy atom. The normalized spacial score (nSPS) is 13.1. The summed E-state index contributed by atoms with van der Waals surface area (Å²) in [5, 5.41) is 1.28. The minimum atomic E-state index is 0.0859. The molecule has 166 valence electrons. The van der Waals surface area contributed by atoms with Gasteiger partial charge >= 0.3 is 0 Å². The zero-order valence-corrected chi connectivity index (χ0v) is 19.2. The second-order valence-corrected chi connectivity index (χ2v) is 9.10. The number of amides is 1. The van der Waals surface area contributed by atoms with Crippen molar-refractivity contribution in [2.45, 2.75) is 19.9 Å². The number of rotatable bonds is 3. The van der Waals surface area contributed by atoms with Crippen molar-refractivity contribution in [1.29, 1.82) is 0 Å². The van der Waals surface area contributed by atoms with Crippen LogP contribution in [-0.4, -0.2) is 22.3 Å². The molecule has 0 bridgehead atoms. The third-order valence-electron chi connectivity index (χ3n) is 6.87. The van der Waals surface area contributed by atoms with Crippen LogP contribution in [0.3, 0.4) is 0 Å². The lowest BCUT2D eigenvalue weighted by atomic mass is 9.93. The highest BCUT2D eigenvalue weighted by Crippen LogP contribution is 2.33. The Balaban J connectivity index is 1.26. The number of hydrogen-bond acceptors (Lipinski definition) is 1. The van der Waals surface area contributed by atoms with Crippen LogP contribution in [0.15, 0.2) is 97.1 Å². The van der Waals surface area contributed by atoms with E-state index in [1.165, 1.54) is 33.2 Å². The van der Waals surface area contributed by atoms with Crippen LogP contribution in [0.1, 0.15) is 27.2 Å². The van der Waals surface area contributed by atoms with Crippen LogP contribution in [0.2, 0.25) is 0 Å². The molecule has 2 heterocycles. The van der Waals surface area contributed by atoms with Crippen molar-refractivity contribution in [3.63, 3.8) is 0 Å². The third-order valence-corrected chi connectivity index (χ3v) is 6.87. The quantitative estimate of drug-likeness (QED) is 0.321. The molecular weight excluding hydrogens is 416 g/mol. The van der Waals surface area contributed by atoms with E-state index in [0.29, 0.717) is 6.54 Å².